The van der Waals surface area contributed by atoms with Gasteiger partial charge in [0, 0.05) is 45.1 Å². The highest BCUT2D eigenvalue weighted by atomic mass is 127. The summed E-state index contributed by atoms with van der Waals surface area (Å²) in [6, 6.07) is 9.14. The SMILES string of the molecule is O=C(Nc1ccc(C2CCC(F)(F)CC2)nc1)Nc1c[nH]c2ccc(I)cc12. The van der Waals surface area contributed by atoms with E-state index >= 15 is 0 Å². The Morgan fingerprint density at radius 2 is 1.96 bits per heavy atom. The number of nitrogens with zero attached hydrogens (tertiary/aromatic N) is 1. The fourth-order valence-electron chi connectivity index (χ4n) is 3.54. The van der Waals surface area contributed by atoms with Crippen LogP contribution in [-0.2, 0) is 0 Å². The average molecular weight is 496 g/mol. The van der Waals surface area contributed by atoms with Gasteiger partial charge >= 0.3 is 6.03 Å². The smallest absolute Gasteiger partial charge is 0.323 e. The molecule has 4 rings (SSSR count). The van der Waals surface area contributed by atoms with Gasteiger partial charge in [-0.25, -0.2) is 13.6 Å². The van der Waals surface area contributed by atoms with Crippen molar-refractivity contribution in [2.24, 2.45) is 0 Å². The first-order chi connectivity index (χ1) is 13.4. The molecule has 146 valence electrons. The number of hydrogen-bond donors (Lipinski definition) is 3. The number of amides is 2. The van der Waals surface area contributed by atoms with E-state index in [4.69, 9.17) is 0 Å². The second-order valence-electron chi connectivity index (χ2n) is 7.07. The number of carbonyl (C=O) groups is 1. The summed E-state index contributed by atoms with van der Waals surface area (Å²) < 4.78 is 27.7. The molecule has 1 fully saturated rings. The molecular formula is C20H19F2IN4O. The summed E-state index contributed by atoms with van der Waals surface area (Å²) in [7, 11) is 0. The van der Waals surface area contributed by atoms with Crippen molar-refractivity contribution in [3.8, 4) is 0 Å². The first-order valence-electron chi connectivity index (χ1n) is 9.08. The van der Waals surface area contributed by atoms with Gasteiger partial charge in [-0.3, -0.25) is 4.98 Å². The number of rotatable bonds is 3. The van der Waals surface area contributed by atoms with Crippen LogP contribution in [0.3, 0.4) is 0 Å². The van der Waals surface area contributed by atoms with Gasteiger partial charge in [-0.05, 0) is 65.8 Å². The van der Waals surface area contributed by atoms with E-state index in [2.05, 4.69) is 43.2 Å². The number of pyridine rings is 1. The summed E-state index contributed by atoms with van der Waals surface area (Å²) in [5.41, 5.74) is 2.99. The normalized spacial score (nSPS) is 16.8. The molecule has 1 saturated carbocycles. The first kappa shape index (κ1) is 19.1. The summed E-state index contributed by atoms with van der Waals surface area (Å²) in [6.07, 6.45) is 4.01. The Hall–Kier alpha value is -2.23. The number of H-pyrrole nitrogens is 1. The lowest BCUT2D eigenvalue weighted by atomic mass is 9.84. The molecule has 28 heavy (non-hydrogen) atoms. The minimum absolute atomic E-state index is 0.0520. The molecule has 0 atom stereocenters. The van der Waals surface area contributed by atoms with Crippen LogP contribution in [-0.4, -0.2) is 21.9 Å². The molecule has 0 bridgehead atoms. The molecule has 1 aliphatic rings. The van der Waals surface area contributed by atoms with Crippen LogP contribution in [0.25, 0.3) is 10.9 Å². The number of fused-ring (bicyclic) bond motifs is 1. The number of halogens is 3. The summed E-state index contributed by atoms with van der Waals surface area (Å²) in [5.74, 6) is -2.49. The van der Waals surface area contributed by atoms with Gasteiger partial charge in [0.1, 0.15) is 0 Å². The van der Waals surface area contributed by atoms with Crippen molar-refractivity contribution < 1.29 is 13.6 Å². The Balaban J connectivity index is 1.39. The highest BCUT2D eigenvalue weighted by Crippen LogP contribution is 2.40. The van der Waals surface area contributed by atoms with E-state index in [0.717, 1.165) is 20.2 Å². The molecule has 0 spiro atoms. The van der Waals surface area contributed by atoms with Crippen molar-refractivity contribution in [2.75, 3.05) is 10.6 Å². The molecular weight excluding hydrogens is 477 g/mol. The zero-order chi connectivity index (χ0) is 19.7. The topological polar surface area (TPSA) is 69.8 Å². The van der Waals surface area contributed by atoms with E-state index in [1.54, 1.807) is 24.5 Å². The maximum Gasteiger partial charge on any atom is 0.323 e. The molecule has 2 amide bonds. The second kappa shape index (κ2) is 7.65. The Kier molecular flexibility index (Phi) is 5.22. The van der Waals surface area contributed by atoms with Gasteiger partial charge in [0.15, 0.2) is 0 Å². The van der Waals surface area contributed by atoms with Crippen LogP contribution in [0.15, 0.2) is 42.7 Å². The van der Waals surface area contributed by atoms with E-state index in [9.17, 15) is 13.6 Å². The van der Waals surface area contributed by atoms with Gasteiger partial charge in [0.25, 0.3) is 0 Å². The van der Waals surface area contributed by atoms with Gasteiger partial charge in [0.2, 0.25) is 5.92 Å². The van der Waals surface area contributed by atoms with Gasteiger partial charge < -0.3 is 15.6 Å². The molecule has 2 heterocycles. The summed E-state index contributed by atoms with van der Waals surface area (Å²) in [5, 5.41) is 6.52. The van der Waals surface area contributed by atoms with Gasteiger partial charge in [-0.15, -0.1) is 0 Å². The lowest BCUT2D eigenvalue weighted by Crippen LogP contribution is -2.24. The highest BCUT2D eigenvalue weighted by molar-refractivity contribution is 14.1. The van der Waals surface area contributed by atoms with Crippen molar-refractivity contribution in [3.05, 3.63) is 52.0 Å². The quantitative estimate of drug-likeness (QED) is 0.384. The van der Waals surface area contributed by atoms with Gasteiger partial charge in [-0.2, -0.15) is 0 Å². The third kappa shape index (κ3) is 4.26. The predicted molar refractivity (Wildman–Crippen MR) is 114 cm³/mol. The summed E-state index contributed by atoms with van der Waals surface area (Å²) in [4.78, 5) is 19.8. The van der Waals surface area contributed by atoms with Crippen LogP contribution >= 0.6 is 22.6 Å². The van der Waals surface area contributed by atoms with Crippen LogP contribution < -0.4 is 10.6 Å². The number of aromatic amines is 1. The molecule has 0 aliphatic heterocycles. The Morgan fingerprint density at radius 3 is 2.68 bits per heavy atom. The zero-order valence-electron chi connectivity index (χ0n) is 14.9. The fraction of sp³-hybridized carbons (Fsp3) is 0.300. The van der Waals surface area contributed by atoms with E-state index in [1.807, 2.05) is 18.2 Å². The number of anilines is 2. The zero-order valence-corrected chi connectivity index (χ0v) is 17.1. The molecule has 2 aromatic heterocycles. The van der Waals surface area contributed by atoms with Crippen molar-refractivity contribution >= 4 is 50.9 Å². The van der Waals surface area contributed by atoms with E-state index in [0.29, 0.717) is 24.2 Å². The highest BCUT2D eigenvalue weighted by Gasteiger charge is 2.35. The predicted octanol–water partition coefficient (Wildman–Crippen LogP) is 6.10. The molecule has 1 aromatic carbocycles. The summed E-state index contributed by atoms with van der Waals surface area (Å²) in [6.45, 7) is 0. The van der Waals surface area contributed by atoms with Crippen LogP contribution in [0.5, 0.6) is 0 Å². The van der Waals surface area contributed by atoms with Crippen molar-refractivity contribution in [3.63, 3.8) is 0 Å². The van der Waals surface area contributed by atoms with E-state index in [-0.39, 0.29) is 24.8 Å². The molecule has 0 unspecified atom stereocenters. The molecule has 1 aliphatic carbocycles. The fourth-order valence-corrected chi connectivity index (χ4v) is 4.03. The minimum atomic E-state index is -2.55. The van der Waals surface area contributed by atoms with Crippen molar-refractivity contribution in [1.29, 1.82) is 0 Å². The van der Waals surface area contributed by atoms with Crippen LogP contribution in [0, 0.1) is 3.57 Å². The van der Waals surface area contributed by atoms with Crippen LogP contribution in [0.4, 0.5) is 25.0 Å². The number of nitrogens with one attached hydrogen (secondary N) is 3. The van der Waals surface area contributed by atoms with Crippen molar-refractivity contribution in [2.45, 2.75) is 37.5 Å². The maximum absolute atomic E-state index is 13.3. The largest absolute Gasteiger partial charge is 0.359 e. The monoisotopic (exact) mass is 496 g/mol. The van der Waals surface area contributed by atoms with Crippen LogP contribution in [0.2, 0.25) is 0 Å². The third-order valence-electron chi connectivity index (χ3n) is 5.07. The lowest BCUT2D eigenvalue weighted by Gasteiger charge is -2.27. The molecule has 5 nitrogen and oxygen atoms in total. The first-order valence-corrected chi connectivity index (χ1v) is 10.2. The Morgan fingerprint density at radius 1 is 1.18 bits per heavy atom. The van der Waals surface area contributed by atoms with E-state index in [1.165, 1.54) is 0 Å². The number of urea groups is 1. The molecule has 3 aromatic rings. The second-order valence-corrected chi connectivity index (χ2v) is 8.32. The number of carbonyl (C=O) groups excluding carboxylic acids is 1. The van der Waals surface area contributed by atoms with E-state index < -0.39 is 5.92 Å². The van der Waals surface area contributed by atoms with Crippen LogP contribution in [0.1, 0.15) is 37.3 Å². The Labute approximate surface area is 174 Å². The lowest BCUT2D eigenvalue weighted by molar-refractivity contribution is -0.0384. The standard InChI is InChI=1S/C20H19F2IN4O/c21-20(22)7-5-12(6-8-20)16-4-2-14(10-24-16)26-19(28)27-18-11-25-17-3-1-13(23)9-15(17)18/h1-4,9-12,25H,5-8H2,(H2,26,27,28). The maximum atomic E-state index is 13.3. The number of benzene rings is 1. The number of hydrogen-bond acceptors (Lipinski definition) is 2. The van der Waals surface area contributed by atoms with Gasteiger partial charge in [-0.1, -0.05) is 0 Å². The molecule has 0 saturated heterocycles. The Bertz CT molecular complexity index is 993. The summed E-state index contributed by atoms with van der Waals surface area (Å²) >= 11 is 2.23. The molecule has 3 N–H and O–H groups in total. The minimum Gasteiger partial charge on any atom is -0.359 e. The molecule has 0 radical (unpaired) electrons. The number of aromatic nitrogens is 2. The van der Waals surface area contributed by atoms with Gasteiger partial charge in [0.05, 0.1) is 17.6 Å². The van der Waals surface area contributed by atoms with Crippen molar-refractivity contribution in [1.82, 2.24) is 9.97 Å². The number of alkyl halides is 2. The molecule has 8 heteroatoms. The average Bonchev–Trinajstić information content (AvgIpc) is 3.04. The third-order valence-corrected chi connectivity index (χ3v) is 5.74.